The third-order valence-electron chi connectivity index (χ3n) is 4.45. The van der Waals surface area contributed by atoms with E-state index < -0.39 is 0 Å². The van der Waals surface area contributed by atoms with Gasteiger partial charge in [0.05, 0.1) is 14.9 Å². The Hall–Kier alpha value is -1.54. The maximum atomic E-state index is 6.32. The molecular weight excluding hydrogens is 391 g/mol. The standard InChI is InChI=1S/C17H18Cl2N6S/c18-12-4-1-5-13(15(12)19)26-14-9-21-17(25-16(14)22-10-23-25)24-7-2-3-11(20)6-8-24/h1,4-5,9-11H,2-3,6-8,20H2/t11-/m1/s1. The minimum Gasteiger partial charge on any atom is -0.341 e. The van der Waals surface area contributed by atoms with Gasteiger partial charge in [0, 0.05) is 30.2 Å². The SMILES string of the molecule is N[C@@H]1CCCN(c2ncc(Sc3cccc(Cl)c3Cl)c3ncnn23)CC1. The van der Waals surface area contributed by atoms with Crippen LogP contribution in [0.1, 0.15) is 19.3 Å². The van der Waals surface area contributed by atoms with Crippen molar-refractivity contribution in [1.29, 1.82) is 0 Å². The van der Waals surface area contributed by atoms with Crippen molar-refractivity contribution >= 4 is 46.6 Å². The Morgan fingerprint density at radius 3 is 2.88 bits per heavy atom. The molecule has 3 aromatic rings. The largest absolute Gasteiger partial charge is 0.341 e. The van der Waals surface area contributed by atoms with Gasteiger partial charge in [-0.3, -0.25) is 0 Å². The van der Waals surface area contributed by atoms with E-state index in [1.165, 1.54) is 11.8 Å². The summed E-state index contributed by atoms with van der Waals surface area (Å²) in [4.78, 5) is 13.1. The number of hydrogen-bond donors (Lipinski definition) is 1. The fourth-order valence-corrected chi connectivity index (χ4v) is 4.47. The van der Waals surface area contributed by atoms with Gasteiger partial charge in [-0.05, 0) is 31.4 Å². The lowest BCUT2D eigenvalue weighted by Gasteiger charge is -2.22. The van der Waals surface area contributed by atoms with Gasteiger partial charge < -0.3 is 10.6 Å². The fraction of sp³-hybridized carbons (Fsp3) is 0.353. The molecule has 0 unspecified atom stereocenters. The van der Waals surface area contributed by atoms with E-state index in [0.717, 1.165) is 53.7 Å². The van der Waals surface area contributed by atoms with Crippen molar-refractivity contribution in [3.05, 3.63) is 40.8 Å². The molecule has 0 amide bonds. The van der Waals surface area contributed by atoms with E-state index in [9.17, 15) is 0 Å². The highest BCUT2D eigenvalue weighted by Gasteiger charge is 2.20. The summed E-state index contributed by atoms with van der Waals surface area (Å²) in [7, 11) is 0. The molecule has 0 bridgehead atoms. The summed E-state index contributed by atoms with van der Waals surface area (Å²) in [6.07, 6.45) is 6.41. The van der Waals surface area contributed by atoms with E-state index in [2.05, 4.69) is 20.0 Å². The van der Waals surface area contributed by atoms with Crippen molar-refractivity contribution < 1.29 is 0 Å². The van der Waals surface area contributed by atoms with E-state index in [1.807, 2.05) is 18.3 Å². The Labute approximate surface area is 165 Å². The van der Waals surface area contributed by atoms with E-state index in [0.29, 0.717) is 10.0 Å². The first kappa shape index (κ1) is 17.9. The van der Waals surface area contributed by atoms with Gasteiger partial charge in [0.2, 0.25) is 5.95 Å². The number of nitrogens with two attached hydrogens (primary N) is 1. The number of benzene rings is 1. The molecule has 1 aliphatic rings. The molecular formula is C17H18Cl2N6S. The number of rotatable bonds is 3. The monoisotopic (exact) mass is 408 g/mol. The summed E-state index contributed by atoms with van der Waals surface area (Å²) in [6.45, 7) is 1.79. The quantitative estimate of drug-likeness (QED) is 0.708. The van der Waals surface area contributed by atoms with Crippen LogP contribution in [0.15, 0.2) is 40.5 Å². The number of aromatic nitrogens is 4. The highest BCUT2D eigenvalue weighted by Crippen LogP contribution is 2.38. The average Bonchev–Trinajstić information content (AvgIpc) is 3.03. The second-order valence-electron chi connectivity index (χ2n) is 6.25. The highest BCUT2D eigenvalue weighted by molar-refractivity contribution is 7.99. The highest BCUT2D eigenvalue weighted by atomic mass is 35.5. The molecule has 0 radical (unpaired) electrons. The van der Waals surface area contributed by atoms with Crippen molar-refractivity contribution in [3.8, 4) is 0 Å². The average molecular weight is 409 g/mol. The lowest BCUT2D eigenvalue weighted by atomic mass is 10.1. The van der Waals surface area contributed by atoms with Gasteiger partial charge in [0.1, 0.15) is 6.33 Å². The van der Waals surface area contributed by atoms with E-state index >= 15 is 0 Å². The zero-order chi connectivity index (χ0) is 18.1. The van der Waals surface area contributed by atoms with Crippen molar-refractivity contribution in [2.45, 2.75) is 35.1 Å². The first-order chi connectivity index (χ1) is 12.6. The van der Waals surface area contributed by atoms with E-state index in [-0.39, 0.29) is 6.04 Å². The molecule has 3 heterocycles. The molecule has 2 N–H and O–H groups in total. The third kappa shape index (κ3) is 3.49. The van der Waals surface area contributed by atoms with Gasteiger partial charge >= 0.3 is 0 Å². The molecule has 4 rings (SSSR count). The zero-order valence-corrected chi connectivity index (χ0v) is 16.3. The smallest absolute Gasteiger partial charge is 0.228 e. The molecule has 1 aliphatic heterocycles. The van der Waals surface area contributed by atoms with Crippen molar-refractivity contribution in [2.24, 2.45) is 5.73 Å². The molecule has 6 nitrogen and oxygen atoms in total. The van der Waals surface area contributed by atoms with Gasteiger partial charge in [-0.2, -0.15) is 9.61 Å². The molecule has 1 aromatic carbocycles. The van der Waals surface area contributed by atoms with Crippen LogP contribution in [0.2, 0.25) is 10.0 Å². The minimum absolute atomic E-state index is 0.256. The number of hydrogen-bond acceptors (Lipinski definition) is 6. The minimum atomic E-state index is 0.256. The molecule has 0 spiro atoms. The van der Waals surface area contributed by atoms with Crippen LogP contribution in [-0.2, 0) is 0 Å². The lowest BCUT2D eigenvalue weighted by Crippen LogP contribution is -2.29. The van der Waals surface area contributed by atoms with Crippen molar-refractivity contribution in [1.82, 2.24) is 19.6 Å². The van der Waals surface area contributed by atoms with E-state index in [1.54, 1.807) is 16.9 Å². The molecule has 1 fully saturated rings. The van der Waals surface area contributed by atoms with Crippen molar-refractivity contribution in [2.75, 3.05) is 18.0 Å². The van der Waals surface area contributed by atoms with Gasteiger partial charge in [0.15, 0.2) is 5.65 Å². The lowest BCUT2D eigenvalue weighted by molar-refractivity contribution is 0.601. The van der Waals surface area contributed by atoms with Crippen LogP contribution in [-0.4, -0.2) is 38.7 Å². The van der Waals surface area contributed by atoms with Crippen molar-refractivity contribution in [3.63, 3.8) is 0 Å². The summed E-state index contributed by atoms with van der Waals surface area (Å²) in [6, 6.07) is 5.83. The number of nitrogens with zero attached hydrogens (tertiary/aromatic N) is 5. The first-order valence-corrected chi connectivity index (χ1v) is 10.0. The predicted molar refractivity (Wildman–Crippen MR) is 105 cm³/mol. The number of halogens is 2. The topological polar surface area (TPSA) is 72.3 Å². The molecule has 9 heteroatoms. The predicted octanol–water partition coefficient (Wildman–Crippen LogP) is 3.90. The Morgan fingerprint density at radius 1 is 1.12 bits per heavy atom. The molecule has 1 atom stereocenters. The van der Waals surface area contributed by atoms with Gasteiger partial charge in [-0.15, -0.1) is 0 Å². The third-order valence-corrected chi connectivity index (χ3v) is 6.45. The molecule has 0 saturated carbocycles. The fourth-order valence-electron chi connectivity index (χ4n) is 3.08. The summed E-state index contributed by atoms with van der Waals surface area (Å²) in [5.74, 6) is 0.799. The Morgan fingerprint density at radius 2 is 2.00 bits per heavy atom. The van der Waals surface area contributed by atoms with Crippen LogP contribution >= 0.6 is 35.0 Å². The maximum Gasteiger partial charge on any atom is 0.228 e. The molecule has 1 saturated heterocycles. The van der Waals surface area contributed by atoms with Crippen LogP contribution < -0.4 is 10.6 Å². The van der Waals surface area contributed by atoms with Crippen LogP contribution in [0.3, 0.4) is 0 Å². The first-order valence-electron chi connectivity index (χ1n) is 8.44. The number of anilines is 1. The molecule has 2 aromatic heterocycles. The van der Waals surface area contributed by atoms with Crippen LogP contribution in [0, 0.1) is 0 Å². The van der Waals surface area contributed by atoms with Crippen LogP contribution in [0.25, 0.3) is 5.65 Å². The summed E-state index contributed by atoms with van der Waals surface area (Å²) in [5, 5.41) is 5.44. The van der Waals surface area contributed by atoms with Gasteiger partial charge in [-0.25, -0.2) is 9.97 Å². The van der Waals surface area contributed by atoms with Crippen LogP contribution in [0.4, 0.5) is 5.95 Å². The Balaban J connectivity index is 1.69. The molecule has 26 heavy (non-hydrogen) atoms. The number of fused-ring (bicyclic) bond motifs is 1. The van der Waals surface area contributed by atoms with Crippen LogP contribution in [0.5, 0.6) is 0 Å². The Kier molecular flexibility index (Phi) is 5.22. The maximum absolute atomic E-state index is 6.32. The summed E-state index contributed by atoms with van der Waals surface area (Å²) < 4.78 is 1.79. The Bertz CT molecular complexity index is 931. The summed E-state index contributed by atoms with van der Waals surface area (Å²) in [5.41, 5.74) is 6.85. The van der Waals surface area contributed by atoms with Gasteiger partial charge in [0.25, 0.3) is 0 Å². The summed E-state index contributed by atoms with van der Waals surface area (Å²) >= 11 is 13.9. The zero-order valence-electron chi connectivity index (χ0n) is 14.0. The molecule has 0 aliphatic carbocycles. The normalized spacial score (nSPS) is 18.3. The van der Waals surface area contributed by atoms with Gasteiger partial charge in [-0.1, -0.05) is 41.0 Å². The van der Waals surface area contributed by atoms with E-state index in [4.69, 9.17) is 28.9 Å². The molecule has 136 valence electrons. The second kappa shape index (κ2) is 7.60. The second-order valence-corrected chi connectivity index (χ2v) is 8.12.